The first kappa shape index (κ1) is 16.1. The fourth-order valence-electron chi connectivity index (χ4n) is 3.72. The van der Waals surface area contributed by atoms with Crippen molar-refractivity contribution in [2.24, 2.45) is 22.2 Å². The van der Waals surface area contributed by atoms with Crippen LogP contribution in [-0.4, -0.2) is 22.5 Å². The van der Waals surface area contributed by atoms with E-state index in [9.17, 15) is 4.79 Å². The number of oxime groups is 1. The van der Waals surface area contributed by atoms with Crippen molar-refractivity contribution in [2.45, 2.75) is 77.2 Å². The molecule has 5 heteroatoms. The van der Waals surface area contributed by atoms with Crippen LogP contribution in [0.3, 0.4) is 0 Å². The minimum absolute atomic E-state index is 0.0725. The number of nitrogens with zero attached hydrogens (tertiary/aromatic N) is 1. The predicted molar refractivity (Wildman–Crippen MR) is 83.1 cm³/mol. The summed E-state index contributed by atoms with van der Waals surface area (Å²) >= 11 is 0. The minimum Gasteiger partial charge on any atom is -0.409 e. The summed E-state index contributed by atoms with van der Waals surface area (Å²) in [6, 6.07) is 0. The van der Waals surface area contributed by atoms with Crippen LogP contribution in [0.4, 0.5) is 0 Å². The molecule has 4 N–H and O–H groups in total. The van der Waals surface area contributed by atoms with Gasteiger partial charge >= 0.3 is 0 Å². The molecule has 2 aliphatic carbocycles. The van der Waals surface area contributed by atoms with E-state index in [1.807, 2.05) is 6.92 Å². The first-order chi connectivity index (χ1) is 9.92. The van der Waals surface area contributed by atoms with Crippen LogP contribution >= 0.6 is 0 Å². The van der Waals surface area contributed by atoms with E-state index >= 15 is 0 Å². The Balaban J connectivity index is 2.13. The van der Waals surface area contributed by atoms with E-state index in [4.69, 9.17) is 10.9 Å². The summed E-state index contributed by atoms with van der Waals surface area (Å²) in [6.07, 6.45) is 8.79. The molecule has 0 aliphatic heterocycles. The number of nitrogens with two attached hydrogens (primary N) is 1. The van der Waals surface area contributed by atoms with Crippen LogP contribution in [0, 0.1) is 11.3 Å². The lowest BCUT2D eigenvalue weighted by atomic mass is 9.72. The normalized spacial score (nSPS) is 33.4. The van der Waals surface area contributed by atoms with Gasteiger partial charge in [0.05, 0.1) is 0 Å². The molecule has 2 rings (SSSR count). The van der Waals surface area contributed by atoms with Gasteiger partial charge in [-0.15, -0.1) is 0 Å². The molecule has 1 amide bonds. The van der Waals surface area contributed by atoms with Crippen LogP contribution in [0.1, 0.15) is 71.6 Å². The molecule has 2 saturated carbocycles. The zero-order valence-corrected chi connectivity index (χ0v) is 13.3. The van der Waals surface area contributed by atoms with Gasteiger partial charge in [0.25, 0.3) is 0 Å². The molecule has 0 aromatic heterocycles. The lowest BCUT2D eigenvalue weighted by Gasteiger charge is -2.42. The van der Waals surface area contributed by atoms with Crippen LogP contribution in [-0.2, 0) is 4.79 Å². The van der Waals surface area contributed by atoms with Gasteiger partial charge in [0.1, 0.15) is 5.54 Å². The van der Waals surface area contributed by atoms with Gasteiger partial charge in [0.15, 0.2) is 5.84 Å². The standard InChI is InChI=1S/C16H29N3O2/c1-12-6-10-16(11-7-12,13(17)19-21)18-14(20)15(2)8-4-3-5-9-15/h12,21H,3-11H2,1-2H3,(H2,17,19)(H,18,20). The van der Waals surface area contributed by atoms with Crippen LogP contribution in [0.25, 0.3) is 0 Å². The number of rotatable bonds is 3. The molecule has 0 atom stereocenters. The van der Waals surface area contributed by atoms with Crippen molar-refractivity contribution >= 4 is 11.7 Å². The van der Waals surface area contributed by atoms with E-state index in [1.165, 1.54) is 6.42 Å². The summed E-state index contributed by atoms with van der Waals surface area (Å²) in [7, 11) is 0. The highest BCUT2D eigenvalue weighted by Gasteiger charge is 2.44. The highest BCUT2D eigenvalue weighted by Crippen LogP contribution is 2.38. The number of amides is 1. The number of amidine groups is 1. The molecule has 0 aromatic carbocycles. The van der Waals surface area contributed by atoms with Gasteiger partial charge in [-0.25, -0.2) is 0 Å². The number of hydrogen-bond acceptors (Lipinski definition) is 3. The van der Waals surface area contributed by atoms with Gasteiger partial charge in [-0.3, -0.25) is 4.79 Å². The SMILES string of the molecule is CC1CCC(NC(=O)C2(C)CCCCC2)(C(N)=NO)CC1. The fraction of sp³-hybridized carbons (Fsp3) is 0.875. The minimum atomic E-state index is -0.654. The third kappa shape index (κ3) is 3.33. The lowest BCUT2D eigenvalue weighted by Crippen LogP contribution is -2.61. The maximum atomic E-state index is 12.8. The second kappa shape index (κ2) is 6.24. The molecular formula is C16H29N3O2. The molecule has 0 radical (unpaired) electrons. The molecule has 0 spiro atoms. The second-order valence-electron chi connectivity index (χ2n) is 7.33. The third-order valence-corrected chi connectivity index (χ3v) is 5.58. The Morgan fingerprint density at radius 3 is 2.29 bits per heavy atom. The number of carbonyl (C=O) groups excluding carboxylic acids is 1. The maximum absolute atomic E-state index is 12.8. The molecule has 0 heterocycles. The van der Waals surface area contributed by atoms with Gasteiger partial charge in [-0.1, -0.05) is 38.3 Å². The Hall–Kier alpha value is -1.26. The Morgan fingerprint density at radius 2 is 1.76 bits per heavy atom. The highest BCUT2D eigenvalue weighted by atomic mass is 16.4. The summed E-state index contributed by atoms with van der Waals surface area (Å²) in [5.74, 6) is 0.859. The number of nitrogens with one attached hydrogen (secondary N) is 1. The number of carbonyl (C=O) groups is 1. The van der Waals surface area contributed by atoms with Crippen LogP contribution in [0.5, 0.6) is 0 Å². The smallest absolute Gasteiger partial charge is 0.226 e. The Labute approximate surface area is 127 Å². The van der Waals surface area contributed by atoms with E-state index in [-0.39, 0.29) is 17.2 Å². The molecular weight excluding hydrogens is 266 g/mol. The first-order valence-corrected chi connectivity index (χ1v) is 8.22. The van der Waals surface area contributed by atoms with Crippen molar-refractivity contribution in [3.63, 3.8) is 0 Å². The van der Waals surface area contributed by atoms with Gasteiger partial charge in [-0.2, -0.15) is 0 Å². The summed E-state index contributed by atoms with van der Waals surface area (Å²) < 4.78 is 0. The lowest BCUT2D eigenvalue weighted by molar-refractivity contribution is -0.133. The topological polar surface area (TPSA) is 87.7 Å². The average molecular weight is 295 g/mol. The van der Waals surface area contributed by atoms with Gasteiger partial charge in [-0.05, 0) is 44.4 Å². The van der Waals surface area contributed by atoms with Gasteiger partial charge < -0.3 is 16.3 Å². The van der Waals surface area contributed by atoms with Crippen molar-refractivity contribution < 1.29 is 10.0 Å². The van der Waals surface area contributed by atoms with Crippen molar-refractivity contribution in [3.05, 3.63) is 0 Å². The van der Waals surface area contributed by atoms with Gasteiger partial charge in [0, 0.05) is 5.41 Å². The van der Waals surface area contributed by atoms with E-state index in [2.05, 4.69) is 17.4 Å². The molecule has 21 heavy (non-hydrogen) atoms. The molecule has 2 aliphatic rings. The largest absolute Gasteiger partial charge is 0.409 e. The Bertz CT molecular complexity index is 406. The van der Waals surface area contributed by atoms with Crippen molar-refractivity contribution in [3.8, 4) is 0 Å². The van der Waals surface area contributed by atoms with Gasteiger partial charge in [0.2, 0.25) is 5.91 Å². The summed E-state index contributed by atoms with van der Waals surface area (Å²) in [6.45, 7) is 4.26. The summed E-state index contributed by atoms with van der Waals surface area (Å²) in [4.78, 5) is 12.8. The zero-order chi connectivity index (χ0) is 15.5. The Kier molecular flexibility index (Phi) is 4.79. The molecule has 0 bridgehead atoms. The monoisotopic (exact) mass is 295 g/mol. The summed E-state index contributed by atoms with van der Waals surface area (Å²) in [5.41, 5.74) is 4.98. The third-order valence-electron chi connectivity index (χ3n) is 5.58. The fourth-order valence-corrected chi connectivity index (χ4v) is 3.72. The van der Waals surface area contributed by atoms with Crippen molar-refractivity contribution in [1.82, 2.24) is 5.32 Å². The molecule has 5 nitrogen and oxygen atoms in total. The highest BCUT2D eigenvalue weighted by molar-refractivity contribution is 5.95. The summed E-state index contributed by atoms with van der Waals surface area (Å²) in [5, 5.41) is 15.5. The Morgan fingerprint density at radius 1 is 1.19 bits per heavy atom. The second-order valence-corrected chi connectivity index (χ2v) is 7.33. The van der Waals surface area contributed by atoms with Crippen molar-refractivity contribution in [1.29, 1.82) is 0 Å². The molecule has 120 valence electrons. The van der Waals surface area contributed by atoms with E-state index in [0.717, 1.165) is 51.4 Å². The zero-order valence-electron chi connectivity index (χ0n) is 13.3. The van der Waals surface area contributed by atoms with Crippen molar-refractivity contribution in [2.75, 3.05) is 0 Å². The molecule has 2 fully saturated rings. The first-order valence-electron chi connectivity index (χ1n) is 8.22. The number of hydrogen-bond donors (Lipinski definition) is 3. The van der Waals surface area contributed by atoms with E-state index < -0.39 is 5.54 Å². The predicted octanol–water partition coefficient (Wildman–Crippen LogP) is 2.77. The van der Waals surface area contributed by atoms with Crippen LogP contribution in [0.2, 0.25) is 0 Å². The van der Waals surface area contributed by atoms with E-state index in [1.54, 1.807) is 0 Å². The maximum Gasteiger partial charge on any atom is 0.226 e. The average Bonchev–Trinajstić information content (AvgIpc) is 2.49. The van der Waals surface area contributed by atoms with Crippen LogP contribution < -0.4 is 11.1 Å². The quantitative estimate of drug-likeness (QED) is 0.324. The molecule has 0 saturated heterocycles. The van der Waals surface area contributed by atoms with E-state index in [0.29, 0.717) is 5.92 Å². The molecule has 0 aromatic rings. The molecule has 0 unspecified atom stereocenters. The van der Waals surface area contributed by atoms with Crippen LogP contribution in [0.15, 0.2) is 5.16 Å².